The van der Waals surface area contributed by atoms with Crippen LogP contribution >= 0.6 is 0 Å². The van der Waals surface area contributed by atoms with E-state index in [2.05, 4.69) is 6.58 Å². The van der Waals surface area contributed by atoms with Gasteiger partial charge in [0.2, 0.25) is 0 Å². The first-order chi connectivity index (χ1) is 5.68. The van der Waals surface area contributed by atoms with Crippen LogP contribution in [0, 0.1) is 0 Å². The van der Waals surface area contributed by atoms with Crippen molar-refractivity contribution in [1.82, 2.24) is 0 Å². The molecule has 0 rings (SSSR count). The van der Waals surface area contributed by atoms with E-state index in [1.807, 2.05) is 0 Å². The molecule has 0 heterocycles. The Morgan fingerprint density at radius 2 is 1.50 bits per heavy atom. The molecule has 4 nitrogen and oxygen atoms in total. The van der Waals surface area contributed by atoms with Gasteiger partial charge in [-0.3, -0.25) is 0 Å². The van der Waals surface area contributed by atoms with Gasteiger partial charge in [0.15, 0.2) is 0 Å². The molecule has 0 aromatic rings. The van der Waals surface area contributed by atoms with Crippen LogP contribution in [0.15, 0.2) is 12.7 Å². The highest BCUT2D eigenvalue weighted by atomic mass is 16.4. The maximum Gasteiger partial charge on any atom is 0.327 e. The van der Waals surface area contributed by atoms with Gasteiger partial charge in [0.25, 0.3) is 0 Å². The van der Waals surface area contributed by atoms with Crippen molar-refractivity contribution in [3.8, 4) is 0 Å². The molecular weight excluding hydrogens is 160 g/mol. The van der Waals surface area contributed by atoms with Gasteiger partial charge < -0.3 is 15.3 Å². The van der Waals surface area contributed by atoms with Crippen LogP contribution in [0.5, 0.6) is 0 Å². The second-order valence-electron chi connectivity index (χ2n) is 2.05. The van der Waals surface area contributed by atoms with E-state index in [1.54, 1.807) is 0 Å². The number of aliphatic hydroxyl groups is 2. The Morgan fingerprint density at radius 3 is 1.67 bits per heavy atom. The SMILES string of the molecule is C=CC(=O)O.OCCCCCO. The summed E-state index contributed by atoms with van der Waals surface area (Å²) in [6.45, 7) is 3.46. The third-order valence-electron chi connectivity index (χ3n) is 0.991. The zero-order chi connectivity index (χ0) is 9.82. The lowest BCUT2D eigenvalue weighted by molar-refractivity contribution is -0.131. The lowest BCUT2D eigenvalue weighted by atomic mass is 10.2. The molecule has 0 saturated heterocycles. The topological polar surface area (TPSA) is 77.8 Å². The number of aliphatic hydroxyl groups excluding tert-OH is 2. The predicted molar refractivity (Wildman–Crippen MR) is 45.9 cm³/mol. The molecule has 0 bridgehead atoms. The van der Waals surface area contributed by atoms with Gasteiger partial charge in [-0.25, -0.2) is 4.79 Å². The van der Waals surface area contributed by atoms with E-state index in [0.29, 0.717) is 0 Å². The molecule has 0 spiro atoms. The molecule has 0 radical (unpaired) electrons. The molecular formula is C8H16O4. The monoisotopic (exact) mass is 176 g/mol. The van der Waals surface area contributed by atoms with Crippen LogP contribution in [0.3, 0.4) is 0 Å². The van der Waals surface area contributed by atoms with Crippen molar-refractivity contribution in [3.05, 3.63) is 12.7 Å². The van der Waals surface area contributed by atoms with Crippen molar-refractivity contribution in [2.24, 2.45) is 0 Å². The maximum atomic E-state index is 9.25. The van der Waals surface area contributed by atoms with Crippen LogP contribution in [-0.2, 0) is 4.79 Å². The van der Waals surface area contributed by atoms with E-state index in [0.717, 1.165) is 25.3 Å². The largest absolute Gasteiger partial charge is 0.478 e. The van der Waals surface area contributed by atoms with Crippen LogP contribution in [0.2, 0.25) is 0 Å². The number of carbonyl (C=O) groups is 1. The van der Waals surface area contributed by atoms with Gasteiger partial charge in [-0.2, -0.15) is 0 Å². The third-order valence-corrected chi connectivity index (χ3v) is 0.991. The van der Waals surface area contributed by atoms with E-state index in [-0.39, 0.29) is 13.2 Å². The summed E-state index contributed by atoms with van der Waals surface area (Å²) >= 11 is 0. The zero-order valence-corrected chi connectivity index (χ0v) is 7.07. The van der Waals surface area contributed by atoms with Crippen molar-refractivity contribution >= 4 is 5.97 Å². The molecule has 0 aliphatic carbocycles. The van der Waals surface area contributed by atoms with Gasteiger partial charge in [0, 0.05) is 19.3 Å². The fourth-order valence-electron chi connectivity index (χ4n) is 0.400. The Kier molecular flexibility index (Phi) is 14.6. The molecule has 0 fully saturated rings. The molecule has 0 amide bonds. The molecule has 4 heteroatoms. The Labute approximate surface area is 72.2 Å². The minimum absolute atomic E-state index is 0.250. The summed E-state index contributed by atoms with van der Waals surface area (Å²) in [5, 5.41) is 24.0. The van der Waals surface area contributed by atoms with E-state index < -0.39 is 5.97 Å². The second kappa shape index (κ2) is 12.8. The van der Waals surface area contributed by atoms with Crippen molar-refractivity contribution in [3.63, 3.8) is 0 Å². The van der Waals surface area contributed by atoms with E-state index in [4.69, 9.17) is 15.3 Å². The quantitative estimate of drug-likeness (QED) is 0.418. The lowest BCUT2D eigenvalue weighted by Crippen LogP contribution is -1.85. The number of hydrogen-bond donors (Lipinski definition) is 3. The fraction of sp³-hybridized carbons (Fsp3) is 0.625. The van der Waals surface area contributed by atoms with Gasteiger partial charge in [0.05, 0.1) is 0 Å². The van der Waals surface area contributed by atoms with Gasteiger partial charge in [0.1, 0.15) is 0 Å². The zero-order valence-electron chi connectivity index (χ0n) is 7.07. The van der Waals surface area contributed by atoms with E-state index >= 15 is 0 Å². The first-order valence-electron chi connectivity index (χ1n) is 3.76. The van der Waals surface area contributed by atoms with E-state index in [1.165, 1.54) is 0 Å². The van der Waals surface area contributed by atoms with Crippen molar-refractivity contribution < 1.29 is 20.1 Å². The summed E-state index contributed by atoms with van der Waals surface area (Å²) in [4.78, 5) is 9.25. The van der Waals surface area contributed by atoms with Crippen LogP contribution in [-0.4, -0.2) is 34.5 Å². The summed E-state index contributed by atoms with van der Waals surface area (Å²) in [6, 6.07) is 0. The van der Waals surface area contributed by atoms with Crippen LogP contribution in [0.25, 0.3) is 0 Å². The summed E-state index contributed by atoms with van der Waals surface area (Å²) < 4.78 is 0. The van der Waals surface area contributed by atoms with Crippen molar-refractivity contribution in [1.29, 1.82) is 0 Å². The van der Waals surface area contributed by atoms with Crippen LogP contribution < -0.4 is 0 Å². The Bertz CT molecular complexity index is 108. The molecule has 72 valence electrons. The molecule has 12 heavy (non-hydrogen) atoms. The highest BCUT2D eigenvalue weighted by molar-refractivity contribution is 5.78. The van der Waals surface area contributed by atoms with E-state index in [9.17, 15) is 4.79 Å². The Balaban J connectivity index is 0. The van der Waals surface area contributed by atoms with Gasteiger partial charge in [-0.1, -0.05) is 6.58 Å². The first-order valence-corrected chi connectivity index (χ1v) is 3.76. The number of aliphatic carboxylic acids is 1. The number of rotatable bonds is 5. The summed E-state index contributed by atoms with van der Waals surface area (Å²) in [6.07, 6.45) is 3.41. The summed E-state index contributed by atoms with van der Waals surface area (Å²) in [5.41, 5.74) is 0. The fourth-order valence-corrected chi connectivity index (χ4v) is 0.400. The maximum absolute atomic E-state index is 9.25. The average molecular weight is 176 g/mol. The number of carboxylic acid groups (broad SMARTS) is 1. The minimum atomic E-state index is -0.981. The highest BCUT2D eigenvalue weighted by Crippen LogP contribution is 1.90. The van der Waals surface area contributed by atoms with Crippen molar-refractivity contribution in [2.75, 3.05) is 13.2 Å². The molecule has 0 aromatic carbocycles. The normalized spacial score (nSPS) is 8.17. The molecule has 3 N–H and O–H groups in total. The molecule has 0 aliphatic rings. The molecule has 0 saturated carbocycles. The molecule has 0 atom stereocenters. The molecule has 0 aromatic heterocycles. The van der Waals surface area contributed by atoms with Crippen molar-refractivity contribution in [2.45, 2.75) is 19.3 Å². The van der Waals surface area contributed by atoms with Crippen LogP contribution in [0.1, 0.15) is 19.3 Å². The number of carboxylic acids is 1. The van der Waals surface area contributed by atoms with Gasteiger partial charge >= 0.3 is 5.97 Å². The van der Waals surface area contributed by atoms with Gasteiger partial charge in [-0.05, 0) is 19.3 Å². The average Bonchev–Trinajstić information content (AvgIpc) is 2.07. The highest BCUT2D eigenvalue weighted by Gasteiger charge is 1.81. The standard InChI is InChI=1S/C5H12O2.C3H4O2/c6-4-2-1-3-5-7;1-2-3(4)5/h6-7H,1-5H2;2H,1H2,(H,4,5). The van der Waals surface area contributed by atoms with Gasteiger partial charge in [-0.15, -0.1) is 0 Å². The second-order valence-corrected chi connectivity index (χ2v) is 2.05. The Morgan fingerprint density at radius 1 is 1.17 bits per heavy atom. The molecule has 0 aliphatic heterocycles. The number of hydrogen-bond acceptors (Lipinski definition) is 3. The molecule has 0 unspecified atom stereocenters. The first kappa shape index (κ1) is 13.7. The smallest absolute Gasteiger partial charge is 0.327 e. The lowest BCUT2D eigenvalue weighted by Gasteiger charge is -1.90. The van der Waals surface area contributed by atoms with Crippen LogP contribution in [0.4, 0.5) is 0 Å². The predicted octanol–water partition coefficient (Wildman–Crippen LogP) is 0.398. The third kappa shape index (κ3) is 22.9. The summed E-state index contributed by atoms with van der Waals surface area (Å²) in [5.74, 6) is -0.981. The Hall–Kier alpha value is -0.870. The summed E-state index contributed by atoms with van der Waals surface area (Å²) in [7, 11) is 0. The minimum Gasteiger partial charge on any atom is -0.478 e. The number of unbranched alkanes of at least 4 members (excludes halogenated alkanes) is 2.